The summed E-state index contributed by atoms with van der Waals surface area (Å²) < 4.78 is 26.9. The molecule has 144 valence electrons. The van der Waals surface area contributed by atoms with Crippen molar-refractivity contribution >= 4 is 33.2 Å². The molecule has 0 saturated carbocycles. The zero-order valence-corrected chi connectivity index (χ0v) is 16.1. The number of amides is 2. The standard InChI is InChI=1S/C19H23N3O4S/c1-3-15-4-6-17(7-5-15)22-19(24)12-13-20-27(25,26)18-10-8-16(9-11-18)21-14(2)23/h4-11,20H,3,12-13H2,1-2H3,(H,21,23)(H,22,24). The van der Waals surface area contributed by atoms with Crippen molar-refractivity contribution in [1.82, 2.24) is 4.72 Å². The van der Waals surface area contributed by atoms with Crippen LogP contribution in [0.25, 0.3) is 0 Å². The molecule has 0 fully saturated rings. The number of rotatable bonds is 8. The maximum absolute atomic E-state index is 12.2. The first-order chi connectivity index (χ1) is 12.8. The van der Waals surface area contributed by atoms with Gasteiger partial charge in [0.2, 0.25) is 21.8 Å². The summed E-state index contributed by atoms with van der Waals surface area (Å²) in [6.07, 6.45) is 0.931. The third kappa shape index (κ3) is 6.50. The second-order valence-electron chi connectivity index (χ2n) is 5.95. The van der Waals surface area contributed by atoms with Crippen molar-refractivity contribution in [3.63, 3.8) is 0 Å². The summed E-state index contributed by atoms with van der Waals surface area (Å²) >= 11 is 0. The van der Waals surface area contributed by atoms with Gasteiger partial charge >= 0.3 is 0 Å². The van der Waals surface area contributed by atoms with Crippen LogP contribution >= 0.6 is 0 Å². The first kappa shape index (κ1) is 20.6. The van der Waals surface area contributed by atoms with Crippen molar-refractivity contribution in [1.29, 1.82) is 0 Å². The number of nitrogens with one attached hydrogen (secondary N) is 3. The molecule has 0 heterocycles. The summed E-state index contributed by atoms with van der Waals surface area (Å²) in [6, 6.07) is 13.3. The predicted octanol–water partition coefficient (Wildman–Crippen LogP) is 2.51. The van der Waals surface area contributed by atoms with Crippen LogP contribution in [0.5, 0.6) is 0 Å². The summed E-state index contributed by atoms with van der Waals surface area (Å²) in [7, 11) is -3.73. The smallest absolute Gasteiger partial charge is 0.240 e. The highest BCUT2D eigenvalue weighted by atomic mass is 32.2. The largest absolute Gasteiger partial charge is 0.326 e. The Morgan fingerprint density at radius 3 is 2.00 bits per heavy atom. The number of carbonyl (C=O) groups is 2. The molecular formula is C19H23N3O4S. The Kier molecular flexibility index (Phi) is 7.09. The Hall–Kier alpha value is -2.71. The molecule has 2 amide bonds. The lowest BCUT2D eigenvalue weighted by Crippen LogP contribution is -2.27. The van der Waals surface area contributed by atoms with Crippen molar-refractivity contribution in [3.8, 4) is 0 Å². The van der Waals surface area contributed by atoms with Gasteiger partial charge in [-0.05, 0) is 48.4 Å². The molecule has 0 atom stereocenters. The molecule has 0 radical (unpaired) electrons. The quantitative estimate of drug-likeness (QED) is 0.645. The normalized spacial score (nSPS) is 11.0. The summed E-state index contributed by atoms with van der Waals surface area (Å²) in [6.45, 7) is 3.40. The van der Waals surface area contributed by atoms with Gasteiger partial charge in [-0.2, -0.15) is 0 Å². The number of aryl methyl sites for hydroxylation is 1. The zero-order chi connectivity index (χ0) is 19.9. The van der Waals surface area contributed by atoms with E-state index in [0.717, 1.165) is 6.42 Å². The minimum Gasteiger partial charge on any atom is -0.326 e. The predicted molar refractivity (Wildman–Crippen MR) is 105 cm³/mol. The van der Waals surface area contributed by atoms with Crippen LogP contribution in [0.2, 0.25) is 0 Å². The Morgan fingerprint density at radius 1 is 0.889 bits per heavy atom. The van der Waals surface area contributed by atoms with Gasteiger partial charge in [0.05, 0.1) is 4.90 Å². The van der Waals surface area contributed by atoms with E-state index in [1.807, 2.05) is 31.2 Å². The van der Waals surface area contributed by atoms with Gasteiger partial charge in [-0.15, -0.1) is 0 Å². The molecule has 8 heteroatoms. The number of hydrogen-bond donors (Lipinski definition) is 3. The van der Waals surface area contributed by atoms with Gasteiger partial charge in [-0.25, -0.2) is 13.1 Å². The molecule has 0 saturated heterocycles. The molecule has 2 aromatic carbocycles. The molecule has 0 aromatic heterocycles. The molecule has 2 aromatic rings. The molecule has 7 nitrogen and oxygen atoms in total. The Labute approximate surface area is 159 Å². The second kappa shape index (κ2) is 9.29. The van der Waals surface area contributed by atoms with Gasteiger partial charge in [0, 0.05) is 31.3 Å². The third-order valence-electron chi connectivity index (χ3n) is 3.78. The maximum Gasteiger partial charge on any atom is 0.240 e. The fourth-order valence-electron chi connectivity index (χ4n) is 2.35. The van der Waals surface area contributed by atoms with Gasteiger partial charge < -0.3 is 10.6 Å². The summed E-state index contributed by atoms with van der Waals surface area (Å²) in [5.41, 5.74) is 2.36. The van der Waals surface area contributed by atoms with Gasteiger partial charge in [0.1, 0.15) is 0 Å². The highest BCUT2D eigenvalue weighted by Gasteiger charge is 2.14. The molecule has 3 N–H and O–H groups in total. The average Bonchev–Trinajstić information content (AvgIpc) is 2.62. The third-order valence-corrected chi connectivity index (χ3v) is 5.25. The molecule has 0 bridgehead atoms. The maximum atomic E-state index is 12.2. The van der Waals surface area contributed by atoms with E-state index in [0.29, 0.717) is 11.4 Å². The molecule has 0 spiro atoms. The van der Waals surface area contributed by atoms with E-state index < -0.39 is 10.0 Å². The van der Waals surface area contributed by atoms with Crippen LogP contribution in [0.4, 0.5) is 11.4 Å². The molecule has 27 heavy (non-hydrogen) atoms. The fraction of sp³-hybridized carbons (Fsp3) is 0.263. The van der Waals surface area contributed by atoms with E-state index in [1.54, 1.807) is 0 Å². The molecule has 0 aliphatic heterocycles. The van der Waals surface area contributed by atoms with Crippen LogP contribution < -0.4 is 15.4 Å². The van der Waals surface area contributed by atoms with Crippen LogP contribution in [0.15, 0.2) is 53.4 Å². The van der Waals surface area contributed by atoms with Crippen molar-refractivity contribution in [2.45, 2.75) is 31.6 Å². The molecule has 0 aliphatic carbocycles. The number of anilines is 2. The minimum absolute atomic E-state index is 0.0126. The first-order valence-corrected chi connectivity index (χ1v) is 10.0. The summed E-state index contributed by atoms with van der Waals surface area (Å²) in [5.74, 6) is -0.512. The molecular weight excluding hydrogens is 366 g/mol. The average molecular weight is 389 g/mol. The van der Waals surface area contributed by atoms with Crippen LogP contribution in [0.3, 0.4) is 0 Å². The van der Waals surface area contributed by atoms with Crippen LogP contribution in [-0.2, 0) is 26.0 Å². The summed E-state index contributed by atoms with van der Waals surface area (Å²) in [4.78, 5) is 23.0. The van der Waals surface area contributed by atoms with E-state index in [9.17, 15) is 18.0 Å². The van der Waals surface area contributed by atoms with Crippen LogP contribution in [0.1, 0.15) is 25.8 Å². The van der Waals surface area contributed by atoms with Gasteiger partial charge in [-0.3, -0.25) is 9.59 Å². The van der Waals surface area contributed by atoms with E-state index in [1.165, 1.54) is 36.8 Å². The molecule has 0 unspecified atom stereocenters. The highest BCUT2D eigenvalue weighted by molar-refractivity contribution is 7.89. The molecule has 2 rings (SSSR count). The topological polar surface area (TPSA) is 104 Å². The van der Waals surface area contributed by atoms with Crippen molar-refractivity contribution in [2.24, 2.45) is 0 Å². The summed E-state index contributed by atoms with van der Waals surface area (Å²) in [5, 5.41) is 5.30. The minimum atomic E-state index is -3.73. The van der Waals surface area contributed by atoms with Crippen molar-refractivity contribution in [2.75, 3.05) is 17.2 Å². The Balaban J connectivity index is 1.85. The van der Waals surface area contributed by atoms with E-state index in [-0.39, 0.29) is 29.7 Å². The Bertz CT molecular complexity index is 892. The van der Waals surface area contributed by atoms with Gasteiger partial charge in [0.15, 0.2) is 0 Å². The van der Waals surface area contributed by atoms with Crippen molar-refractivity contribution in [3.05, 3.63) is 54.1 Å². The Morgan fingerprint density at radius 2 is 1.44 bits per heavy atom. The zero-order valence-electron chi connectivity index (χ0n) is 15.3. The van der Waals surface area contributed by atoms with Crippen LogP contribution in [0, 0.1) is 0 Å². The highest BCUT2D eigenvalue weighted by Crippen LogP contribution is 2.14. The lowest BCUT2D eigenvalue weighted by molar-refractivity contribution is -0.116. The molecule has 0 aliphatic rings. The van der Waals surface area contributed by atoms with Crippen molar-refractivity contribution < 1.29 is 18.0 Å². The number of benzene rings is 2. The van der Waals surface area contributed by atoms with E-state index in [2.05, 4.69) is 15.4 Å². The SMILES string of the molecule is CCc1ccc(NC(=O)CCNS(=O)(=O)c2ccc(NC(C)=O)cc2)cc1. The second-order valence-corrected chi connectivity index (χ2v) is 7.72. The van der Waals surface area contributed by atoms with E-state index in [4.69, 9.17) is 0 Å². The van der Waals surface area contributed by atoms with E-state index >= 15 is 0 Å². The van der Waals surface area contributed by atoms with Gasteiger partial charge in [0.25, 0.3) is 0 Å². The lowest BCUT2D eigenvalue weighted by atomic mass is 10.1. The number of sulfonamides is 1. The fourth-order valence-corrected chi connectivity index (χ4v) is 3.38. The lowest BCUT2D eigenvalue weighted by Gasteiger charge is -2.09. The monoisotopic (exact) mass is 389 g/mol. The van der Waals surface area contributed by atoms with Crippen LogP contribution in [-0.4, -0.2) is 26.8 Å². The first-order valence-electron chi connectivity index (χ1n) is 8.56. The van der Waals surface area contributed by atoms with Gasteiger partial charge in [-0.1, -0.05) is 19.1 Å². The number of hydrogen-bond acceptors (Lipinski definition) is 4. The number of carbonyl (C=O) groups excluding carboxylic acids is 2.